The van der Waals surface area contributed by atoms with Crippen LogP contribution in [0.5, 0.6) is 0 Å². The first-order valence-corrected chi connectivity index (χ1v) is 11.3. The van der Waals surface area contributed by atoms with Crippen LogP contribution >= 0.6 is 0 Å². The first-order chi connectivity index (χ1) is 15.2. The van der Waals surface area contributed by atoms with Crippen molar-refractivity contribution in [2.75, 3.05) is 36.0 Å². The number of hydrazine groups is 1. The predicted molar refractivity (Wildman–Crippen MR) is 121 cm³/mol. The Morgan fingerprint density at radius 2 is 2.00 bits per heavy atom. The molecule has 3 heterocycles. The Balaban J connectivity index is 1.55. The highest BCUT2D eigenvalue weighted by Gasteiger charge is 2.36. The number of nitrogens with one attached hydrogen (secondary N) is 3. The Labute approximate surface area is 189 Å². The number of anilines is 2. The van der Waals surface area contributed by atoms with Crippen LogP contribution in [0.3, 0.4) is 0 Å². The number of nitrogens with zero attached hydrogens (tertiary/aromatic N) is 3. The highest BCUT2D eigenvalue weighted by Crippen LogP contribution is 2.39. The lowest BCUT2D eigenvalue weighted by Crippen LogP contribution is -2.51. The third-order valence-corrected chi connectivity index (χ3v) is 6.03. The largest absolute Gasteiger partial charge is 0.446 e. The summed E-state index contributed by atoms with van der Waals surface area (Å²) in [6, 6.07) is 5.91. The van der Waals surface area contributed by atoms with Gasteiger partial charge in [-0.15, -0.1) is 0 Å². The van der Waals surface area contributed by atoms with Gasteiger partial charge in [0.25, 0.3) is 0 Å². The Kier molecular flexibility index (Phi) is 6.68. The summed E-state index contributed by atoms with van der Waals surface area (Å²) in [5.41, 5.74) is 9.03. The fourth-order valence-corrected chi connectivity index (χ4v) is 4.66. The van der Waals surface area contributed by atoms with Crippen LogP contribution in [0.4, 0.5) is 16.2 Å². The zero-order valence-electron chi connectivity index (χ0n) is 19.4. The minimum absolute atomic E-state index is 0.0118. The predicted octanol–water partition coefficient (Wildman–Crippen LogP) is 1.49. The van der Waals surface area contributed by atoms with E-state index >= 15 is 0 Å². The first-order valence-electron chi connectivity index (χ1n) is 11.3. The molecule has 0 saturated carbocycles. The van der Waals surface area contributed by atoms with Crippen molar-refractivity contribution in [3.05, 3.63) is 23.8 Å². The van der Waals surface area contributed by atoms with E-state index in [1.807, 2.05) is 39.8 Å². The molecular weight excluding hydrogens is 412 g/mol. The maximum Gasteiger partial charge on any atom is 0.414 e. The zero-order valence-corrected chi connectivity index (χ0v) is 19.4. The fraction of sp³-hybridized carbons (Fsp3) is 0.636. The van der Waals surface area contributed by atoms with Crippen LogP contribution < -0.4 is 26.0 Å². The van der Waals surface area contributed by atoms with Crippen molar-refractivity contribution in [2.45, 2.75) is 65.1 Å². The molecule has 0 radical (unpaired) electrons. The molecule has 2 fully saturated rings. The standard InChI is InChI=1S/C22H34N6O4/c1-13(2)31-22(30)27-10-14(3)28(16(5)29)19-7-6-17(8-20(19)27)18-9-23-26(11-18)12-21-24-15(4)32-25-21/h6-8,13-15,18,21,23-25H,9-12H2,1-5H3/t14-,15?,18?,21?/m0/s1. The smallest absolute Gasteiger partial charge is 0.414 e. The molecule has 10 nitrogen and oxygen atoms in total. The lowest BCUT2D eigenvalue weighted by molar-refractivity contribution is -0.117. The maximum absolute atomic E-state index is 12.9. The van der Waals surface area contributed by atoms with Crippen LogP contribution in [0.1, 0.15) is 46.1 Å². The van der Waals surface area contributed by atoms with Crippen molar-refractivity contribution in [2.24, 2.45) is 0 Å². The summed E-state index contributed by atoms with van der Waals surface area (Å²) >= 11 is 0. The number of carbonyl (C=O) groups excluding carboxylic acids is 2. The summed E-state index contributed by atoms with van der Waals surface area (Å²) in [7, 11) is 0. The normalized spacial score (nSPS) is 28.3. The fourth-order valence-electron chi connectivity index (χ4n) is 4.66. The quantitative estimate of drug-likeness (QED) is 0.640. The lowest BCUT2D eigenvalue weighted by atomic mass is 9.97. The van der Waals surface area contributed by atoms with Gasteiger partial charge < -0.3 is 9.64 Å². The van der Waals surface area contributed by atoms with Crippen LogP contribution in [-0.2, 0) is 14.4 Å². The van der Waals surface area contributed by atoms with Gasteiger partial charge in [-0.25, -0.2) is 9.80 Å². The molecular formula is C22H34N6O4. The van der Waals surface area contributed by atoms with Gasteiger partial charge in [0.05, 0.1) is 29.7 Å². The lowest BCUT2D eigenvalue weighted by Gasteiger charge is -2.40. The van der Waals surface area contributed by atoms with Crippen molar-refractivity contribution >= 4 is 23.4 Å². The summed E-state index contributed by atoms with van der Waals surface area (Å²) in [4.78, 5) is 34.0. The van der Waals surface area contributed by atoms with Crippen molar-refractivity contribution in [3.63, 3.8) is 0 Å². The third-order valence-electron chi connectivity index (χ3n) is 6.03. The number of hydrogen-bond acceptors (Lipinski definition) is 8. The molecule has 3 aliphatic rings. The topological polar surface area (TPSA) is 98.4 Å². The molecule has 32 heavy (non-hydrogen) atoms. The Morgan fingerprint density at radius 3 is 2.66 bits per heavy atom. The minimum Gasteiger partial charge on any atom is -0.446 e. The summed E-state index contributed by atoms with van der Waals surface area (Å²) in [6.07, 6.45) is -0.548. The number of benzene rings is 1. The van der Waals surface area contributed by atoms with E-state index in [1.165, 1.54) is 0 Å². The van der Waals surface area contributed by atoms with Gasteiger partial charge in [-0.3, -0.25) is 25.3 Å². The van der Waals surface area contributed by atoms with Crippen molar-refractivity contribution in [1.82, 2.24) is 21.2 Å². The summed E-state index contributed by atoms with van der Waals surface area (Å²) in [5.74, 6) is 0.221. The monoisotopic (exact) mass is 446 g/mol. The Hall–Kier alpha value is -2.24. The number of ether oxygens (including phenoxy) is 1. The van der Waals surface area contributed by atoms with E-state index in [9.17, 15) is 9.59 Å². The van der Waals surface area contributed by atoms with Crippen LogP contribution in [-0.4, -0.2) is 67.7 Å². The van der Waals surface area contributed by atoms with Gasteiger partial charge in [0.2, 0.25) is 5.91 Å². The van der Waals surface area contributed by atoms with Gasteiger partial charge in [0, 0.05) is 39.0 Å². The van der Waals surface area contributed by atoms with E-state index in [2.05, 4.69) is 27.3 Å². The number of hydroxylamine groups is 1. The molecule has 4 rings (SSSR count). The Morgan fingerprint density at radius 1 is 1.22 bits per heavy atom. The number of fused-ring (bicyclic) bond motifs is 1. The number of rotatable bonds is 4. The molecule has 0 aliphatic carbocycles. The van der Waals surface area contributed by atoms with Crippen LogP contribution in [0, 0.1) is 0 Å². The number of hydrogen-bond donors (Lipinski definition) is 3. The van der Waals surface area contributed by atoms with Crippen LogP contribution in [0.15, 0.2) is 18.2 Å². The van der Waals surface area contributed by atoms with Gasteiger partial charge >= 0.3 is 6.09 Å². The second-order valence-corrected chi connectivity index (χ2v) is 9.09. The molecule has 10 heteroatoms. The molecule has 1 aromatic carbocycles. The van der Waals surface area contributed by atoms with E-state index < -0.39 is 0 Å². The van der Waals surface area contributed by atoms with Crippen LogP contribution in [0.25, 0.3) is 0 Å². The summed E-state index contributed by atoms with van der Waals surface area (Å²) < 4.78 is 5.49. The molecule has 1 aromatic rings. The summed E-state index contributed by atoms with van der Waals surface area (Å²) in [6.45, 7) is 11.9. The van der Waals surface area contributed by atoms with Crippen molar-refractivity contribution < 1.29 is 19.2 Å². The van der Waals surface area contributed by atoms with E-state index in [0.717, 1.165) is 36.6 Å². The third kappa shape index (κ3) is 4.74. The van der Waals surface area contributed by atoms with Crippen molar-refractivity contribution in [1.29, 1.82) is 0 Å². The van der Waals surface area contributed by atoms with E-state index in [4.69, 9.17) is 9.57 Å². The summed E-state index contributed by atoms with van der Waals surface area (Å²) in [5, 5.41) is 5.49. The Bertz CT molecular complexity index is 865. The van der Waals surface area contributed by atoms with Gasteiger partial charge in [-0.05, 0) is 45.4 Å². The number of carbonyl (C=O) groups is 2. The number of amides is 2. The molecule has 2 amide bonds. The van der Waals surface area contributed by atoms with E-state index in [0.29, 0.717) is 6.54 Å². The molecule has 0 spiro atoms. The average Bonchev–Trinajstić information content (AvgIpc) is 3.35. The van der Waals surface area contributed by atoms with Crippen LogP contribution in [0.2, 0.25) is 0 Å². The molecule has 0 bridgehead atoms. The zero-order chi connectivity index (χ0) is 23.0. The molecule has 3 aliphatic heterocycles. The molecule has 3 unspecified atom stereocenters. The first kappa shape index (κ1) is 22.9. The molecule has 176 valence electrons. The maximum atomic E-state index is 12.9. The minimum atomic E-state index is -0.382. The average molecular weight is 447 g/mol. The molecule has 2 saturated heterocycles. The second-order valence-electron chi connectivity index (χ2n) is 9.09. The molecule has 3 N–H and O–H groups in total. The van der Waals surface area contributed by atoms with Gasteiger partial charge in [0.15, 0.2) is 0 Å². The van der Waals surface area contributed by atoms with Crippen molar-refractivity contribution in [3.8, 4) is 0 Å². The van der Waals surface area contributed by atoms with E-state index in [1.54, 1.807) is 16.7 Å². The highest BCUT2D eigenvalue weighted by molar-refractivity contribution is 6.02. The molecule has 0 aromatic heterocycles. The highest BCUT2D eigenvalue weighted by atomic mass is 16.7. The van der Waals surface area contributed by atoms with Gasteiger partial charge in [-0.2, -0.15) is 5.48 Å². The van der Waals surface area contributed by atoms with E-state index in [-0.39, 0.29) is 42.5 Å². The van der Waals surface area contributed by atoms with Gasteiger partial charge in [0.1, 0.15) is 6.23 Å². The van der Waals surface area contributed by atoms with Gasteiger partial charge in [-0.1, -0.05) is 6.07 Å². The molecule has 4 atom stereocenters. The SMILES string of the molecule is CC(=O)N1c2ccc(C3CNN(CC4NOC(C)N4)C3)cc2N(C(=O)OC(C)C)C[C@@H]1C. The second kappa shape index (κ2) is 9.32.